The molecule has 4 rings (SSSR count). The van der Waals surface area contributed by atoms with E-state index < -0.39 is 38.0 Å². The number of nitrogens with zero attached hydrogens (tertiary/aromatic N) is 2. The Morgan fingerprint density at radius 2 is 1.69 bits per heavy atom. The van der Waals surface area contributed by atoms with Crippen LogP contribution >= 0.6 is 23.2 Å². The zero-order valence-electron chi connectivity index (χ0n) is 17.8. The molecule has 182 valence electrons. The molecule has 0 saturated heterocycles. The van der Waals surface area contributed by atoms with Gasteiger partial charge in [0.25, 0.3) is 15.7 Å². The van der Waals surface area contributed by atoms with E-state index in [0.717, 1.165) is 22.5 Å². The SMILES string of the molecule is O=C(CN(c1ccc(Cl)cc1)S(=O)(=O)c1ccc(Cl)c([N+](=O)[O-])c1)Nc1ccc2c(c1)OCCO2. The van der Waals surface area contributed by atoms with E-state index in [-0.39, 0.29) is 10.7 Å². The van der Waals surface area contributed by atoms with Crippen molar-refractivity contribution in [2.45, 2.75) is 4.90 Å². The van der Waals surface area contributed by atoms with Crippen molar-refractivity contribution in [2.24, 2.45) is 0 Å². The summed E-state index contributed by atoms with van der Waals surface area (Å²) < 4.78 is 38.8. The molecule has 1 heterocycles. The van der Waals surface area contributed by atoms with Gasteiger partial charge in [0.05, 0.1) is 15.5 Å². The molecule has 35 heavy (non-hydrogen) atoms. The normalized spacial score (nSPS) is 12.6. The minimum Gasteiger partial charge on any atom is -0.486 e. The molecule has 13 heteroatoms. The number of rotatable bonds is 7. The summed E-state index contributed by atoms with van der Waals surface area (Å²) in [5, 5.41) is 14.0. The molecule has 1 amide bonds. The molecule has 0 saturated carbocycles. The molecule has 0 aliphatic carbocycles. The zero-order valence-corrected chi connectivity index (χ0v) is 20.1. The Morgan fingerprint density at radius 1 is 1.00 bits per heavy atom. The summed E-state index contributed by atoms with van der Waals surface area (Å²) in [6, 6.07) is 13.6. The van der Waals surface area contributed by atoms with Crippen LogP contribution in [0, 0.1) is 10.1 Å². The standard InChI is InChI=1S/C22H17Cl2N3O7S/c23-14-1-4-16(5-2-14)26(35(31,32)17-6-7-18(24)19(12-17)27(29)30)13-22(28)25-15-3-8-20-21(11-15)34-10-9-33-20/h1-8,11-12H,9-10,13H2,(H,25,28). The van der Waals surface area contributed by atoms with Gasteiger partial charge in [-0.05, 0) is 48.5 Å². The van der Waals surface area contributed by atoms with Gasteiger partial charge >= 0.3 is 0 Å². The summed E-state index contributed by atoms with van der Waals surface area (Å²) in [6.07, 6.45) is 0. The number of anilines is 2. The number of fused-ring (bicyclic) bond motifs is 1. The summed E-state index contributed by atoms with van der Waals surface area (Å²) in [5.41, 5.74) is -0.0799. The van der Waals surface area contributed by atoms with Crippen molar-refractivity contribution in [3.63, 3.8) is 0 Å². The molecule has 3 aromatic rings. The van der Waals surface area contributed by atoms with Crippen molar-refractivity contribution in [1.29, 1.82) is 0 Å². The van der Waals surface area contributed by atoms with E-state index in [4.69, 9.17) is 32.7 Å². The van der Waals surface area contributed by atoms with E-state index in [1.807, 2.05) is 0 Å². The molecular formula is C22H17Cl2N3O7S. The Bertz CT molecular complexity index is 1400. The van der Waals surface area contributed by atoms with E-state index in [9.17, 15) is 23.3 Å². The lowest BCUT2D eigenvalue weighted by Gasteiger charge is -2.24. The number of hydrogen-bond acceptors (Lipinski definition) is 7. The summed E-state index contributed by atoms with van der Waals surface area (Å²) >= 11 is 11.8. The highest BCUT2D eigenvalue weighted by Crippen LogP contribution is 2.33. The molecule has 1 aliphatic heterocycles. The number of hydrogen-bond donors (Lipinski definition) is 1. The third kappa shape index (κ3) is 5.42. The monoisotopic (exact) mass is 537 g/mol. The number of nitrogens with one attached hydrogen (secondary N) is 1. The van der Waals surface area contributed by atoms with Gasteiger partial charge in [-0.25, -0.2) is 8.42 Å². The van der Waals surface area contributed by atoms with Crippen LogP contribution < -0.4 is 19.1 Å². The van der Waals surface area contributed by atoms with Gasteiger partial charge in [-0.3, -0.25) is 19.2 Å². The van der Waals surface area contributed by atoms with Gasteiger partial charge in [0.1, 0.15) is 24.8 Å². The van der Waals surface area contributed by atoms with Gasteiger partial charge in [-0.2, -0.15) is 0 Å². The number of carbonyl (C=O) groups is 1. The van der Waals surface area contributed by atoms with Crippen LogP contribution in [0.3, 0.4) is 0 Å². The van der Waals surface area contributed by atoms with Gasteiger partial charge in [0, 0.05) is 22.8 Å². The maximum Gasteiger partial charge on any atom is 0.289 e. The van der Waals surface area contributed by atoms with Crippen LogP contribution in [0.2, 0.25) is 10.0 Å². The fourth-order valence-corrected chi connectivity index (χ4v) is 5.05. The van der Waals surface area contributed by atoms with Gasteiger partial charge in [-0.15, -0.1) is 0 Å². The first kappa shape index (κ1) is 24.6. The maximum absolute atomic E-state index is 13.5. The number of sulfonamides is 1. The highest BCUT2D eigenvalue weighted by molar-refractivity contribution is 7.92. The van der Waals surface area contributed by atoms with Crippen LogP contribution in [0.1, 0.15) is 0 Å². The molecule has 0 aromatic heterocycles. The lowest BCUT2D eigenvalue weighted by Crippen LogP contribution is -2.38. The molecule has 10 nitrogen and oxygen atoms in total. The predicted octanol–water partition coefficient (Wildman–Crippen LogP) is 4.51. The third-order valence-corrected chi connectivity index (χ3v) is 7.27. The molecule has 0 bridgehead atoms. The number of nitro benzene ring substituents is 1. The number of halogens is 2. The maximum atomic E-state index is 13.5. The first-order valence-corrected chi connectivity index (χ1v) is 12.3. The number of amides is 1. The van der Waals surface area contributed by atoms with Crippen molar-refractivity contribution >= 4 is 56.2 Å². The average Bonchev–Trinajstić information content (AvgIpc) is 2.83. The minimum atomic E-state index is -4.42. The van der Waals surface area contributed by atoms with Crippen molar-refractivity contribution < 1.29 is 27.6 Å². The predicted molar refractivity (Wildman–Crippen MR) is 130 cm³/mol. The van der Waals surface area contributed by atoms with E-state index in [0.29, 0.717) is 35.4 Å². The number of ether oxygens (including phenoxy) is 2. The fraction of sp³-hybridized carbons (Fsp3) is 0.136. The summed E-state index contributed by atoms with van der Waals surface area (Å²) in [5.74, 6) is 0.317. The first-order chi connectivity index (χ1) is 16.6. The van der Waals surface area contributed by atoms with E-state index >= 15 is 0 Å². The lowest BCUT2D eigenvalue weighted by atomic mass is 10.2. The molecule has 1 N–H and O–H groups in total. The van der Waals surface area contributed by atoms with Crippen LogP contribution in [0.15, 0.2) is 65.6 Å². The second-order valence-electron chi connectivity index (χ2n) is 7.27. The van der Waals surface area contributed by atoms with E-state index in [1.165, 1.54) is 24.3 Å². The van der Waals surface area contributed by atoms with E-state index in [2.05, 4.69) is 5.32 Å². The quantitative estimate of drug-likeness (QED) is 0.346. The zero-order chi connectivity index (χ0) is 25.2. The van der Waals surface area contributed by atoms with Gasteiger partial charge in [0.2, 0.25) is 5.91 Å². The van der Waals surface area contributed by atoms with Gasteiger partial charge in [0.15, 0.2) is 11.5 Å². The molecular weight excluding hydrogens is 521 g/mol. The lowest BCUT2D eigenvalue weighted by molar-refractivity contribution is -0.384. The molecule has 0 unspecified atom stereocenters. The van der Waals surface area contributed by atoms with Gasteiger partial charge in [-0.1, -0.05) is 23.2 Å². The van der Waals surface area contributed by atoms with Gasteiger partial charge < -0.3 is 14.8 Å². The van der Waals surface area contributed by atoms with Crippen LogP contribution in [-0.2, 0) is 14.8 Å². The van der Waals surface area contributed by atoms with Crippen LogP contribution in [0.25, 0.3) is 0 Å². The third-order valence-electron chi connectivity index (χ3n) is 4.93. The average molecular weight is 538 g/mol. The highest BCUT2D eigenvalue weighted by Gasteiger charge is 2.30. The smallest absolute Gasteiger partial charge is 0.289 e. The summed E-state index contributed by atoms with van der Waals surface area (Å²) in [4.78, 5) is 23.0. The second-order valence-corrected chi connectivity index (χ2v) is 9.97. The Labute approximate surface area is 210 Å². The minimum absolute atomic E-state index is 0.129. The molecule has 0 fully saturated rings. The topological polar surface area (TPSA) is 128 Å². The van der Waals surface area contributed by atoms with Crippen LogP contribution in [-0.4, -0.2) is 39.0 Å². The van der Waals surface area contributed by atoms with Crippen molar-refractivity contribution in [3.8, 4) is 11.5 Å². The summed E-state index contributed by atoms with van der Waals surface area (Å²) in [7, 11) is -4.42. The number of carbonyl (C=O) groups excluding carboxylic acids is 1. The largest absolute Gasteiger partial charge is 0.486 e. The molecule has 1 aliphatic rings. The number of benzene rings is 3. The molecule has 3 aromatic carbocycles. The van der Waals surface area contributed by atoms with Crippen molar-refractivity contribution in [2.75, 3.05) is 29.4 Å². The van der Waals surface area contributed by atoms with Crippen molar-refractivity contribution in [1.82, 2.24) is 0 Å². The van der Waals surface area contributed by atoms with E-state index in [1.54, 1.807) is 18.2 Å². The fourth-order valence-electron chi connectivity index (χ4n) is 3.29. The summed E-state index contributed by atoms with van der Waals surface area (Å²) in [6.45, 7) is 0.143. The van der Waals surface area contributed by atoms with Crippen molar-refractivity contribution in [3.05, 3.63) is 80.8 Å². The van der Waals surface area contributed by atoms with Crippen LogP contribution in [0.5, 0.6) is 11.5 Å². The molecule has 0 spiro atoms. The van der Waals surface area contributed by atoms with Crippen LogP contribution in [0.4, 0.5) is 17.1 Å². The Balaban J connectivity index is 1.66. The molecule has 0 radical (unpaired) electrons. The molecule has 0 atom stereocenters. The Hall–Kier alpha value is -3.54. The number of nitro groups is 1. The second kappa shape index (κ2) is 9.98. The Kier molecular flexibility index (Phi) is 7.01. The first-order valence-electron chi connectivity index (χ1n) is 10.1. The Morgan fingerprint density at radius 3 is 2.37 bits per heavy atom. The highest BCUT2D eigenvalue weighted by atomic mass is 35.5.